The molecule has 13 heavy (non-hydrogen) atoms. The van der Waals surface area contributed by atoms with Crippen LogP contribution in [0.25, 0.3) is 0 Å². The zero-order valence-corrected chi connectivity index (χ0v) is 8.42. The first kappa shape index (κ1) is 10.0. The maximum absolute atomic E-state index is 4.10. The summed E-state index contributed by atoms with van der Waals surface area (Å²) >= 11 is 0. The van der Waals surface area contributed by atoms with Gasteiger partial charge in [-0.05, 0) is 43.8 Å². The standard InChI is InChI=1S/C13H18/c1-3-4-10-13-11-8-6-5-7-9-12(13)2/h3-4,8,10-11H,2,5-7,9H2,1H3. The van der Waals surface area contributed by atoms with E-state index >= 15 is 0 Å². The molecule has 0 fully saturated rings. The van der Waals surface area contributed by atoms with E-state index in [-0.39, 0.29) is 0 Å². The van der Waals surface area contributed by atoms with E-state index in [0.29, 0.717) is 0 Å². The van der Waals surface area contributed by atoms with Crippen molar-refractivity contribution < 1.29 is 0 Å². The SMILES string of the molecule is C=C1CCCCC=CC1=CC=CC. The maximum Gasteiger partial charge on any atom is -0.0234 e. The van der Waals surface area contributed by atoms with E-state index in [4.69, 9.17) is 0 Å². The second kappa shape index (κ2) is 5.58. The van der Waals surface area contributed by atoms with Crippen molar-refractivity contribution >= 4 is 0 Å². The lowest BCUT2D eigenvalue weighted by Crippen LogP contribution is -1.89. The van der Waals surface area contributed by atoms with Crippen LogP contribution in [0.3, 0.4) is 0 Å². The molecule has 1 aliphatic rings. The molecule has 0 bridgehead atoms. The highest BCUT2D eigenvalue weighted by Crippen LogP contribution is 2.20. The molecule has 0 saturated heterocycles. The van der Waals surface area contributed by atoms with Gasteiger partial charge in [-0.15, -0.1) is 0 Å². The van der Waals surface area contributed by atoms with Gasteiger partial charge in [-0.1, -0.05) is 37.0 Å². The van der Waals surface area contributed by atoms with Gasteiger partial charge in [0.15, 0.2) is 0 Å². The molecule has 0 aromatic heterocycles. The van der Waals surface area contributed by atoms with Gasteiger partial charge >= 0.3 is 0 Å². The zero-order valence-electron chi connectivity index (χ0n) is 8.42. The highest BCUT2D eigenvalue weighted by molar-refractivity contribution is 5.40. The molecule has 1 aliphatic carbocycles. The Balaban J connectivity index is 2.76. The van der Waals surface area contributed by atoms with Crippen LogP contribution in [-0.2, 0) is 0 Å². The van der Waals surface area contributed by atoms with Gasteiger partial charge in [0.25, 0.3) is 0 Å². The maximum atomic E-state index is 4.10. The van der Waals surface area contributed by atoms with Crippen molar-refractivity contribution in [3.8, 4) is 0 Å². The van der Waals surface area contributed by atoms with E-state index in [9.17, 15) is 0 Å². The van der Waals surface area contributed by atoms with E-state index in [1.165, 1.54) is 30.4 Å². The Kier molecular flexibility index (Phi) is 4.31. The molecule has 0 unspecified atom stereocenters. The molecule has 0 saturated carbocycles. The lowest BCUT2D eigenvalue weighted by Gasteiger charge is -2.09. The van der Waals surface area contributed by atoms with Gasteiger partial charge in [0, 0.05) is 0 Å². The third-order valence-corrected chi connectivity index (χ3v) is 2.27. The van der Waals surface area contributed by atoms with Gasteiger partial charge in [0.05, 0.1) is 0 Å². The van der Waals surface area contributed by atoms with Gasteiger partial charge in [0.1, 0.15) is 0 Å². The largest absolute Gasteiger partial charge is 0.0952 e. The molecule has 70 valence electrons. The van der Waals surface area contributed by atoms with Crippen molar-refractivity contribution in [1.82, 2.24) is 0 Å². The van der Waals surface area contributed by atoms with Gasteiger partial charge in [0.2, 0.25) is 0 Å². The summed E-state index contributed by atoms with van der Waals surface area (Å²) in [5, 5.41) is 0. The van der Waals surface area contributed by atoms with Crippen LogP contribution in [0.1, 0.15) is 32.6 Å². The summed E-state index contributed by atoms with van der Waals surface area (Å²) < 4.78 is 0. The minimum absolute atomic E-state index is 1.15. The molecule has 0 radical (unpaired) electrons. The zero-order chi connectivity index (χ0) is 9.52. The first-order valence-corrected chi connectivity index (χ1v) is 5.02. The predicted molar refractivity (Wildman–Crippen MR) is 59.6 cm³/mol. The number of rotatable bonds is 1. The third-order valence-electron chi connectivity index (χ3n) is 2.27. The molecule has 0 nitrogen and oxygen atoms in total. The second-order valence-corrected chi connectivity index (χ2v) is 3.40. The van der Waals surface area contributed by atoms with Crippen LogP contribution in [0, 0.1) is 0 Å². The Morgan fingerprint density at radius 3 is 3.00 bits per heavy atom. The van der Waals surface area contributed by atoms with Crippen LogP contribution in [0.4, 0.5) is 0 Å². The molecule has 0 aromatic carbocycles. The fourth-order valence-electron chi connectivity index (χ4n) is 1.45. The summed E-state index contributed by atoms with van der Waals surface area (Å²) in [6.07, 6.45) is 15.6. The fraction of sp³-hybridized carbons (Fsp3) is 0.385. The fourth-order valence-corrected chi connectivity index (χ4v) is 1.45. The molecule has 0 atom stereocenters. The van der Waals surface area contributed by atoms with E-state index in [1.807, 2.05) is 13.0 Å². The first-order valence-electron chi connectivity index (χ1n) is 5.02. The van der Waals surface area contributed by atoms with Crippen LogP contribution in [-0.4, -0.2) is 0 Å². The first-order chi connectivity index (χ1) is 6.34. The van der Waals surface area contributed by atoms with Crippen molar-refractivity contribution in [3.05, 3.63) is 48.1 Å². The highest BCUT2D eigenvalue weighted by Gasteiger charge is 2.01. The summed E-state index contributed by atoms with van der Waals surface area (Å²) in [4.78, 5) is 0. The van der Waals surface area contributed by atoms with Crippen LogP contribution in [0.5, 0.6) is 0 Å². The molecule has 0 aliphatic heterocycles. The average molecular weight is 174 g/mol. The normalized spacial score (nSPS) is 22.2. The molecule has 0 aromatic rings. The van der Waals surface area contributed by atoms with E-state index in [2.05, 4.69) is 30.9 Å². The quantitative estimate of drug-likeness (QED) is 0.559. The molecular weight excluding hydrogens is 156 g/mol. The van der Waals surface area contributed by atoms with Crippen LogP contribution < -0.4 is 0 Å². The average Bonchev–Trinajstić information content (AvgIpc) is 2.11. The summed E-state index contributed by atoms with van der Waals surface area (Å²) in [5.41, 5.74) is 2.56. The van der Waals surface area contributed by atoms with Crippen LogP contribution in [0.2, 0.25) is 0 Å². The lowest BCUT2D eigenvalue weighted by molar-refractivity contribution is 0.741. The molecule has 0 amide bonds. The third kappa shape index (κ3) is 3.45. The Morgan fingerprint density at radius 1 is 1.38 bits per heavy atom. The van der Waals surface area contributed by atoms with E-state index in [0.717, 1.165) is 6.42 Å². The predicted octanol–water partition coefficient (Wildman–Crippen LogP) is 4.18. The van der Waals surface area contributed by atoms with Gasteiger partial charge in [-0.3, -0.25) is 0 Å². The van der Waals surface area contributed by atoms with E-state index in [1.54, 1.807) is 0 Å². The van der Waals surface area contributed by atoms with Gasteiger partial charge < -0.3 is 0 Å². The Bertz CT molecular complexity index is 251. The van der Waals surface area contributed by atoms with Crippen molar-refractivity contribution in [2.75, 3.05) is 0 Å². The monoisotopic (exact) mass is 174 g/mol. The Morgan fingerprint density at radius 2 is 2.23 bits per heavy atom. The number of hydrogen-bond donors (Lipinski definition) is 0. The molecular formula is C13H18. The Labute approximate surface area is 81.4 Å². The van der Waals surface area contributed by atoms with Crippen molar-refractivity contribution in [2.45, 2.75) is 32.6 Å². The molecule has 1 rings (SSSR count). The minimum Gasteiger partial charge on any atom is -0.0952 e. The minimum atomic E-state index is 1.15. The highest BCUT2D eigenvalue weighted by atomic mass is 14.1. The summed E-state index contributed by atoms with van der Waals surface area (Å²) in [7, 11) is 0. The van der Waals surface area contributed by atoms with Crippen molar-refractivity contribution in [3.63, 3.8) is 0 Å². The van der Waals surface area contributed by atoms with Crippen molar-refractivity contribution in [1.29, 1.82) is 0 Å². The molecule has 0 heteroatoms. The smallest absolute Gasteiger partial charge is 0.0234 e. The summed E-state index contributed by atoms with van der Waals surface area (Å²) in [5.74, 6) is 0. The van der Waals surface area contributed by atoms with Crippen molar-refractivity contribution in [2.24, 2.45) is 0 Å². The van der Waals surface area contributed by atoms with Crippen LogP contribution in [0.15, 0.2) is 48.1 Å². The molecule has 0 heterocycles. The second-order valence-electron chi connectivity index (χ2n) is 3.40. The molecule has 0 N–H and O–H groups in total. The topological polar surface area (TPSA) is 0 Å². The van der Waals surface area contributed by atoms with E-state index < -0.39 is 0 Å². The number of hydrogen-bond acceptors (Lipinski definition) is 0. The van der Waals surface area contributed by atoms with Gasteiger partial charge in [-0.2, -0.15) is 0 Å². The summed E-state index contributed by atoms with van der Waals surface area (Å²) in [6.45, 7) is 6.13. The molecule has 0 spiro atoms. The summed E-state index contributed by atoms with van der Waals surface area (Å²) in [6, 6.07) is 0. The Hall–Kier alpha value is -1.04. The van der Waals surface area contributed by atoms with Gasteiger partial charge in [-0.25, -0.2) is 0 Å². The van der Waals surface area contributed by atoms with Crippen LogP contribution >= 0.6 is 0 Å². The number of allylic oxidation sites excluding steroid dienone is 7. The lowest BCUT2D eigenvalue weighted by atomic mass is 9.97.